The summed E-state index contributed by atoms with van der Waals surface area (Å²) in [5, 5.41) is 32.6. The third kappa shape index (κ3) is 9.72. The molecule has 0 bridgehead atoms. The maximum Gasteiger partial charge on any atom is 0.121 e. The Bertz CT molecular complexity index is 836. The number of benzene rings is 2. The largest absolute Gasteiger partial charge is 0.508 e. The van der Waals surface area contributed by atoms with E-state index < -0.39 is 24.5 Å². The molecule has 0 aliphatic heterocycles. The molecule has 0 aliphatic rings. The predicted molar refractivity (Wildman–Crippen MR) is 121 cm³/mol. The molecule has 0 saturated heterocycles. The van der Waals surface area contributed by atoms with Crippen LogP contribution in [0.25, 0.3) is 0 Å². The summed E-state index contributed by atoms with van der Waals surface area (Å²) in [6.07, 6.45) is 6.22. The van der Waals surface area contributed by atoms with Gasteiger partial charge in [-0.25, -0.2) is 0 Å². The second-order valence-electron chi connectivity index (χ2n) is 7.46. The number of aliphatic hydroxyl groups is 2. The summed E-state index contributed by atoms with van der Waals surface area (Å²) in [5.74, 6) is -0.576. The maximum absolute atomic E-state index is 10.4. The van der Waals surface area contributed by atoms with E-state index in [1.807, 2.05) is 6.07 Å². The third-order valence-corrected chi connectivity index (χ3v) is 4.96. The van der Waals surface area contributed by atoms with Crippen LogP contribution in [0, 0.1) is 0 Å². The molecule has 1 atom stereocenters. The van der Waals surface area contributed by atoms with Crippen molar-refractivity contribution in [1.82, 2.24) is 5.32 Å². The van der Waals surface area contributed by atoms with Crippen LogP contribution in [0.3, 0.4) is 0 Å². The summed E-state index contributed by atoms with van der Waals surface area (Å²) in [4.78, 5) is 0. The van der Waals surface area contributed by atoms with E-state index in [0.717, 1.165) is 58.2 Å². The highest BCUT2D eigenvalue weighted by Crippen LogP contribution is 2.22. The number of rotatable bonds is 16. The zero-order valence-corrected chi connectivity index (χ0v) is 17.7. The number of aryl methyl sites for hydroxylation is 1. The maximum atomic E-state index is 10.4. The van der Waals surface area contributed by atoms with Crippen LogP contribution in [-0.4, -0.2) is 41.6 Å². The fraction of sp³-hybridized carbons (Fsp3) is 0.520. The van der Waals surface area contributed by atoms with Crippen molar-refractivity contribution in [3.05, 3.63) is 65.1 Å². The molecule has 2 rings (SSSR count). The van der Waals surface area contributed by atoms with Crippen LogP contribution in [0.2, 0.25) is 0 Å². The minimum absolute atomic E-state index is 0.0460. The number of hydrogen-bond donors (Lipinski definition) is 4. The van der Waals surface area contributed by atoms with Gasteiger partial charge in [-0.1, -0.05) is 49.2 Å². The quantitative estimate of drug-likeness (QED) is 0.309. The van der Waals surface area contributed by atoms with Crippen molar-refractivity contribution < 1.29 is 24.2 Å². The number of ether oxygens (including phenoxy) is 1. The van der Waals surface area contributed by atoms with E-state index in [1.165, 1.54) is 5.56 Å². The Morgan fingerprint density at radius 1 is 0.967 bits per heavy atom. The van der Waals surface area contributed by atoms with Crippen molar-refractivity contribution in [2.24, 2.45) is 0 Å². The van der Waals surface area contributed by atoms with Gasteiger partial charge in [0, 0.05) is 25.3 Å². The van der Waals surface area contributed by atoms with E-state index in [2.05, 4.69) is 29.6 Å². The van der Waals surface area contributed by atoms with Crippen molar-refractivity contribution >= 4 is 0 Å². The Morgan fingerprint density at radius 2 is 1.70 bits per heavy atom. The molecule has 0 fully saturated rings. The zero-order chi connectivity index (χ0) is 24.1. The second-order valence-corrected chi connectivity index (χ2v) is 7.46. The van der Waals surface area contributed by atoms with E-state index in [9.17, 15) is 15.3 Å². The van der Waals surface area contributed by atoms with Gasteiger partial charge in [0.2, 0.25) is 0 Å². The van der Waals surface area contributed by atoms with E-state index >= 15 is 0 Å². The first-order valence-corrected chi connectivity index (χ1v) is 10.9. The molecule has 0 saturated carbocycles. The molecule has 0 spiro atoms. The fourth-order valence-corrected chi connectivity index (χ4v) is 3.16. The second kappa shape index (κ2) is 15.0. The number of unbranched alkanes of at least 4 members (excludes halogenated alkanes) is 4. The molecule has 0 heterocycles. The molecule has 0 amide bonds. The molecule has 0 aromatic heterocycles. The number of aromatic hydroxyl groups is 1. The molecule has 0 radical (unpaired) electrons. The van der Waals surface area contributed by atoms with Gasteiger partial charge in [0.1, 0.15) is 5.75 Å². The Labute approximate surface area is 184 Å². The van der Waals surface area contributed by atoms with Crippen LogP contribution in [-0.2, 0) is 17.8 Å². The van der Waals surface area contributed by atoms with Gasteiger partial charge in [-0.05, 0) is 61.9 Å². The lowest BCUT2D eigenvalue weighted by atomic mass is 10.1. The summed E-state index contributed by atoms with van der Waals surface area (Å²) in [7, 11) is 0. The van der Waals surface area contributed by atoms with Crippen LogP contribution in [0.15, 0.2) is 48.5 Å². The molecule has 2 aromatic rings. The molecular formula is C25H37NO4. The molecule has 30 heavy (non-hydrogen) atoms. The van der Waals surface area contributed by atoms with E-state index in [-0.39, 0.29) is 29.8 Å². The standard InChI is InChI=1S/C25H37NO4/c27-20-23-18-22(13-14-24(23)28)25(29)19-26-15-7-1-2-8-16-30-17-9-6-12-21-10-4-3-5-11-21/h3-5,10-11,13-14,18,25-29H,1-2,6-9,12,15-17,19-20H2/i13D,14D,18D. The Balaban J connectivity index is 1.51. The number of phenols is 1. The van der Waals surface area contributed by atoms with Crippen molar-refractivity contribution in [2.45, 2.75) is 57.7 Å². The molecular weight excluding hydrogens is 378 g/mol. The highest BCUT2D eigenvalue weighted by Gasteiger charge is 2.09. The first kappa shape index (κ1) is 20.0. The average Bonchev–Trinajstić information content (AvgIpc) is 2.81. The summed E-state index contributed by atoms with van der Waals surface area (Å²) < 4.78 is 29.4. The third-order valence-electron chi connectivity index (χ3n) is 4.96. The van der Waals surface area contributed by atoms with Gasteiger partial charge in [-0.15, -0.1) is 0 Å². The van der Waals surface area contributed by atoms with Crippen LogP contribution in [0.1, 0.15) is 65.4 Å². The van der Waals surface area contributed by atoms with Crippen LogP contribution in [0.5, 0.6) is 5.75 Å². The Morgan fingerprint density at radius 3 is 2.47 bits per heavy atom. The zero-order valence-electron chi connectivity index (χ0n) is 20.7. The number of nitrogens with one attached hydrogen (secondary N) is 1. The van der Waals surface area contributed by atoms with E-state index in [4.69, 9.17) is 8.85 Å². The first-order valence-electron chi connectivity index (χ1n) is 12.4. The van der Waals surface area contributed by atoms with Crippen molar-refractivity contribution in [3.8, 4) is 5.75 Å². The van der Waals surface area contributed by atoms with Crippen LogP contribution in [0.4, 0.5) is 0 Å². The van der Waals surface area contributed by atoms with Crippen molar-refractivity contribution in [1.29, 1.82) is 0 Å². The normalized spacial score (nSPS) is 13.6. The monoisotopic (exact) mass is 418 g/mol. The van der Waals surface area contributed by atoms with Gasteiger partial charge in [0.25, 0.3) is 0 Å². The Kier molecular flexibility index (Phi) is 9.98. The Hall–Kier alpha value is -1.92. The van der Waals surface area contributed by atoms with Gasteiger partial charge in [0.05, 0.1) is 16.8 Å². The SMILES string of the molecule is [2H]c1c([2H])c(C(O)CNCCCCCCOCCCCc2ccccc2)c([2H])c(CO)c1O. The molecule has 4 N–H and O–H groups in total. The summed E-state index contributed by atoms with van der Waals surface area (Å²) in [5.41, 5.74) is 1.19. The lowest BCUT2D eigenvalue weighted by Crippen LogP contribution is -2.22. The van der Waals surface area contributed by atoms with E-state index in [1.54, 1.807) is 0 Å². The molecule has 5 nitrogen and oxygen atoms in total. The number of aliphatic hydroxyl groups excluding tert-OH is 2. The molecule has 1 unspecified atom stereocenters. The van der Waals surface area contributed by atoms with Crippen molar-refractivity contribution in [2.75, 3.05) is 26.3 Å². The molecule has 166 valence electrons. The molecule has 0 aliphatic carbocycles. The predicted octanol–water partition coefficient (Wildman–Crippen LogP) is 4.11. The summed E-state index contributed by atoms with van der Waals surface area (Å²) in [6.45, 7) is 1.79. The minimum Gasteiger partial charge on any atom is -0.508 e. The van der Waals surface area contributed by atoms with E-state index in [0.29, 0.717) is 6.54 Å². The van der Waals surface area contributed by atoms with Gasteiger partial charge in [-0.2, -0.15) is 0 Å². The van der Waals surface area contributed by atoms with Gasteiger partial charge in [0.15, 0.2) is 0 Å². The lowest BCUT2D eigenvalue weighted by Gasteiger charge is -2.14. The number of hydrogen-bond acceptors (Lipinski definition) is 5. The lowest BCUT2D eigenvalue weighted by molar-refractivity contribution is 0.126. The van der Waals surface area contributed by atoms with Crippen molar-refractivity contribution in [3.63, 3.8) is 0 Å². The molecule has 5 heteroatoms. The first-order chi connectivity index (χ1) is 16.0. The fourth-order valence-electron chi connectivity index (χ4n) is 3.16. The van der Waals surface area contributed by atoms with Crippen LogP contribution < -0.4 is 5.32 Å². The van der Waals surface area contributed by atoms with Gasteiger partial charge in [-0.3, -0.25) is 0 Å². The summed E-state index contributed by atoms with van der Waals surface area (Å²) in [6, 6.07) is 9.34. The van der Waals surface area contributed by atoms with Gasteiger partial charge >= 0.3 is 0 Å². The summed E-state index contributed by atoms with van der Waals surface area (Å²) >= 11 is 0. The van der Waals surface area contributed by atoms with Gasteiger partial charge < -0.3 is 25.4 Å². The average molecular weight is 419 g/mol. The van der Waals surface area contributed by atoms with Crippen LogP contribution >= 0.6 is 0 Å². The highest BCUT2D eigenvalue weighted by atomic mass is 16.5. The highest BCUT2D eigenvalue weighted by molar-refractivity contribution is 5.36. The smallest absolute Gasteiger partial charge is 0.121 e. The minimum atomic E-state index is -1.16. The molecule has 2 aromatic carbocycles. The topological polar surface area (TPSA) is 82.0 Å².